The highest BCUT2D eigenvalue weighted by Crippen LogP contribution is 2.25. The topological polar surface area (TPSA) is 59.9 Å². The third kappa shape index (κ3) is 2.87. The van der Waals surface area contributed by atoms with E-state index in [0.29, 0.717) is 0 Å². The fraction of sp³-hybridized carbons (Fsp3) is 0.0909. The van der Waals surface area contributed by atoms with Crippen molar-refractivity contribution in [1.29, 1.82) is 0 Å². The maximum atomic E-state index is 13.8. The van der Waals surface area contributed by atoms with E-state index in [1.54, 1.807) is 0 Å². The molecule has 0 N–H and O–H groups in total. The Morgan fingerprint density at radius 1 is 1.11 bits per heavy atom. The van der Waals surface area contributed by atoms with Gasteiger partial charge in [-0.2, -0.15) is 0 Å². The predicted molar refractivity (Wildman–Crippen MR) is 65.5 cm³/mol. The van der Waals surface area contributed by atoms with Gasteiger partial charge >= 0.3 is 0 Å². The van der Waals surface area contributed by atoms with Gasteiger partial charge in [0, 0.05) is 24.7 Å². The van der Waals surface area contributed by atoms with Gasteiger partial charge in [0.25, 0.3) is 0 Å². The van der Waals surface area contributed by atoms with Crippen LogP contribution in [-0.2, 0) is 9.84 Å². The molecule has 0 amide bonds. The number of hydrogen-bond donors (Lipinski definition) is 0. The van der Waals surface area contributed by atoms with Crippen molar-refractivity contribution in [3.63, 3.8) is 0 Å². The smallest absolute Gasteiger partial charge is 0.177 e. The first-order valence-corrected chi connectivity index (χ1v) is 7.23. The number of pyridine rings is 2. The molecule has 4 nitrogen and oxygen atoms in total. The SMILES string of the molecule is CS(=O)(=O)c1cnc(-c2cnc(Cl)cc2F)c(F)c1. The number of halogens is 3. The molecular weight excluding hydrogens is 298 g/mol. The summed E-state index contributed by atoms with van der Waals surface area (Å²) in [7, 11) is -3.57. The molecule has 0 atom stereocenters. The van der Waals surface area contributed by atoms with Crippen LogP contribution in [0.15, 0.2) is 29.4 Å². The van der Waals surface area contributed by atoms with Crippen LogP contribution in [0.4, 0.5) is 8.78 Å². The van der Waals surface area contributed by atoms with E-state index < -0.39 is 21.5 Å². The summed E-state index contributed by atoms with van der Waals surface area (Å²) in [6.07, 6.45) is 2.92. The molecule has 2 heterocycles. The summed E-state index contributed by atoms with van der Waals surface area (Å²) in [6.45, 7) is 0. The van der Waals surface area contributed by atoms with Gasteiger partial charge in [-0.25, -0.2) is 22.2 Å². The normalized spacial score (nSPS) is 11.6. The first-order valence-electron chi connectivity index (χ1n) is 4.96. The zero-order valence-electron chi connectivity index (χ0n) is 9.56. The number of hydrogen-bond acceptors (Lipinski definition) is 4. The molecule has 0 aliphatic rings. The van der Waals surface area contributed by atoms with Crippen LogP contribution in [0.25, 0.3) is 11.3 Å². The molecule has 19 heavy (non-hydrogen) atoms. The molecule has 0 fully saturated rings. The molecule has 8 heteroatoms. The summed E-state index contributed by atoms with van der Waals surface area (Å²) >= 11 is 5.48. The summed E-state index contributed by atoms with van der Waals surface area (Å²) in [5.41, 5.74) is -0.518. The van der Waals surface area contributed by atoms with Gasteiger partial charge in [0.2, 0.25) is 0 Å². The lowest BCUT2D eigenvalue weighted by Crippen LogP contribution is -2.01. The second kappa shape index (κ2) is 4.82. The Morgan fingerprint density at radius 3 is 2.32 bits per heavy atom. The zero-order valence-corrected chi connectivity index (χ0v) is 11.1. The molecule has 2 rings (SSSR count). The summed E-state index contributed by atoms with van der Waals surface area (Å²) in [5.74, 6) is -1.75. The van der Waals surface area contributed by atoms with Crippen molar-refractivity contribution in [2.45, 2.75) is 4.90 Å². The largest absolute Gasteiger partial charge is 0.252 e. The molecule has 0 saturated carbocycles. The highest BCUT2D eigenvalue weighted by Gasteiger charge is 2.16. The maximum absolute atomic E-state index is 13.8. The molecule has 0 aliphatic heterocycles. The van der Waals surface area contributed by atoms with Gasteiger partial charge in [-0.3, -0.25) is 4.98 Å². The van der Waals surface area contributed by atoms with Gasteiger partial charge in [0.1, 0.15) is 16.7 Å². The van der Waals surface area contributed by atoms with Crippen LogP contribution in [0.2, 0.25) is 5.15 Å². The average Bonchev–Trinajstić information content (AvgIpc) is 2.28. The molecule has 100 valence electrons. The van der Waals surface area contributed by atoms with E-state index in [2.05, 4.69) is 9.97 Å². The van der Waals surface area contributed by atoms with Crippen molar-refractivity contribution in [2.24, 2.45) is 0 Å². The Hall–Kier alpha value is -1.60. The molecule has 0 bridgehead atoms. The van der Waals surface area contributed by atoms with Gasteiger partial charge in [0.15, 0.2) is 15.7 Å². The van der Waals surface area contributed by atoms with Gasteiger partial charge in [-0.15, -0.1) is 0 Å². The molecule has 2 aromatic heterocycles. The van der Waals surface area contributed by atoms with E-state index in [1.165, 1.54) is 0 Å². The van der Waals surface area contributed by atoms with E-state index >= 15 is 0 Å². The number of sulfone groups is 1. The summed E-state index contributed by atoms with van der Waals surface area (Å²) in [5, 5.41) is -0.0746. The Labute approximate surface area is 113 Å². The van der Waals surface area contributed by atoms with Crippen LogP contribution >= 0.6 is 11.6 Å². The lowest BCUT2D eigenvalue weighted by Gasteiger charge is -2.05. The Balaban J connectivity index is 2.59. The standard InChI is InChI=1S/C11H7ClF2N2O2S/c1-19(17,18)6-2-9(14)11(16-4-6)7-5-15-10(12)3-8(7)13/h2-5H,1H3. The van der Waals surface area contributed by atoms with Gasteiger partial charge in [-0.1, -0.05) is 11.6 Å². The van der Waals surface area contributed by atoms with Crippen LogP contribution in [0.5, 0.6) is 0 Å². The van der Waals surface area contributed by atoms with E-state index in [1.807, 2.05) is 0 Å². The molecule has 0 saturated heterocycles. The molecule has 0 unspecified atom stereocenters. The Morgan fingerprint density at radius 2 is 1.79 bits per heavy atom. The van der Waals surface area contributed by atoms with Crippen molar-refractivity contribution in [1.82, 2.24) is 9.97 Å². The minimum Gasteiger partial charge on any atom is -0.252 e. The highest BCUT2D eigenvalue weighted by atomic mass is 35.5. The summed E-state index contributed by atoms with van der Waals surface area (Å²) < 4.78 is 49.9. The van der Waals surface area contributed by atoms with Crippen LogP contribution in [-0.4, -0.2) is 24.6 Å². The van der Waals surface area contributed by atoms with Crippen molar-refractivity contribution >= 4 is 21.4 Å². The molecule has 0 aromatic carbocycles. The third-order valence-corrected chi connectivity index (χ3v) is 3.61. The molecular formula is C11H7ClF2N2O2S. The van der Waals surface area contributed by atoms with E-state index in [4.69, 9.17) is 11.6 Å². The fourth-order valence-corrected chi connectivity index (χ4v) is 2.11. The second-order valence-corrected chi connectivity index (χ2v) is 6.16. The second-order valence-electron chi connectivity index (χ2n) is 3.76. The predicted octanol–water partition coefficient (Wildman–Crippen LogP) is 2.48. The average molecular weight is 305 g/mol. The van der Waals surface area contributed by atoms with Crippen molar-refractivity contribution in [3.05, 3.63) is 41.3 Å². The van der Waals surface area contributed by atoms with Crippen LogP contribution in [0, 0.1) is 11.6 Å². The number of aromatic nitrogens is 2. The first-order chi connectivity index (χ1) is 8.79. The quantitative estimate of drug-likeness (QED) is 0.800. The van der Waals surface area contributed by atoms with Crippen LogP contribution < -0.4 is 0 Å². The van der Waals surface area contributed by atoms with Gasteiger partial charge in [0.05, 0.1) is 10.5 Å². The van der Waals surface area contributed by atoms with E-state index in [-0.39, 0.29) is 21.3 Å². The van der Waals surface area contributed by atoms with Crippen molar-refractivity contribution in [3.8, 4) is 11.3 Å². The summed E-state index contributed by atoms with van der Waals surface area (Å²) in [6, 6.07) is 1.70. The minimum atomic E-state index is -3.57. The Kier molecular flexibility index (Phi) is 3.51. The third-order valence-electron chi connectivity index (χ3n) is 2.32. The molecule has 2 aromatic rings. The zero-order chi connectivity index (χ0) is 14.2. The van der Waals surface area contributed by atoms with Gasteiger partial charge < -0.3 is 0 Å². The van der Waals surface area contributed by atoms with Crippen molar-refractivity contribution in [2.75, 3.05) is 6.26 Å². The highest BCUT2D eigenvalue weighted by molar-refractivity contribution is 7.90. The molecule has 0 aliphatic carbocycles. The van der Waals surface area contributed by atoms with Gasteiger partial charge in [-0.05, 0) is 6.07 Å². The number of rotatable bonds is 2. The van der Waals surface area contributed by atoms with Crippen molar-refractivity contribution < 1.29 is 17.2 Å². The molecule has 0 radical (unpaired) electrons. The summed E-state index contributed by atoms with van der Waals surface area (Å²) in [4.78, 5) is 6.98. The lowest BCUT2D eigenvalue weighted by molar-refractivity contribution is 0.592. The monoisotopic (exact) mass is 304 g/mol. The molecule has 0 spiro atoms. The number of nitrogens with zero attached hydrogens (tertiary/aromatic N) is 2. The van der Waals surface area contributed by atoms with Crippen LogP contribution in [0.1, 0.15) is 0 Å². The van der Waals surface area contributed by atoms with E-state index in [0.717, 1.165) is 30.8 Å². The lowest BCUT2D eigenvalue weighted by atomic mass is 10.2. The minimum absolute atomic E-state index is 0.0746. The first kappa shape index (κ1) is 13.8. The Bertz CT molecular complexity index is 750. The van der Waals surface area contributed by atoms with Crippen LogP contribution in [0.3, 0.4) is 0 Å². The fourth-order valence-electron chi connectivity index (χ4n) is 1.40. The maximum Gasteiger partial charge on any atom is 0.177 e. The van der Waals surface area contributed by atoms with E-state index in [9.17, 15) is 17.2 Å².